The zero-order chi connectivity index (χ0) is 18.2. The Morgan fingerprint density at radius 2 is 1.00 bits per heavy atom. The quantitative estimate of drug-likeness (QED) is 0.375. The molecule has 3 nitrogen and oxygen atoms in total. The molecule has 7 rings (SSSR count). The number of hydrogen-bond donors (Lipinski definition) is 0. The molecule has 0 aromatic heterocycles. The van der Waals surface area contributed by atoms with E-state index in [1.807, 2.05) is 6.07 Å². The molecule has 3 aliphatic heterocycles. The minimum absolute atomic E-state index is 0.973. The summed E-state index contributed by atoms with van der Waals surface area (Å²) in [5, 5.41) is 0. The van der Waals surface area contributed by atoms with Gasteiger partial charge in [-0.3, -0.25) is 0 Å². The number of hydrogen-bond acceptors (Lipinski definition) is 3. The third kappa shape index (κ3) is 1.75. The fourth-order valence-corrected chi connectivity index (χ4v) is 12.5. The Balaban J connectivity index is 1.63. The maximum absolute atomic E-state index is 6.37. The van der Waals surface area contributed by atoms with Gasteiger partial charge in [0.15, 0.2) is 0 Å². The van der Waals surface area contributed by atoms with Crippen molar-refractivity contribution in [3.8, 4) is 23.0 Å². The summed E-state index contributed by atoms with van der Waals surface area (Å²) in [6.07, 6.45) is 0. The summed E-state index contributed by atoms with van der Waals surface area (Å²) in [7, 11) is 0. The van der Waals surface area contributed by atoms with Gasteiger partial charge in [-0.1, -0.05) is 0 Å². The molecule has 0 saturated heterocycles. The van der Waals surface area contributed by atoms with E-state index < -0.39 is 14.3 Å². The third-order valence-corrected chi connectivity index (χ3v) is 13.2. The van der Waals surface area contributed by atoms with Crippen molar-refractivity contribution in [2.24, 2.45) is 0 Å². The van der Waals surface area contributed by atoms with E-state index in [2.05, 4.69) is 83.8 Å². The monoisotopic (exact) mass is 423 g/mol. The fraction of sp³-hybridized carbons (Fsp3) is 0. The zero-order valence-corrected chi connectivity index (χ0v) is 17.3. The first-order valence-electron chi connectivity index (χ1n) is 9.50. The molecule has 0 spiro atoms. The van der Waals surface area contributed by atoms with Crippen LogP contribution in [-0.2, 0) is 0 Å². The third-order valence-electron chi connectivity index (χ3n) is 5.91. The van der Waals surface area contributed by atoms with Crippen LogP contribution >= 0.6 is 0 Å². The first kappa shape index (κ1) is 14.8. The molecule has 0 saturated carbocycles. The van der Waals surface area contributed by atoms with Crippen LogP contribution in [0.4, 0.5) is 17.1 Å². The van der Waals surface area contributed by atoms with Crippen molar-refractivity contribution < 1.29 is 9.47 Å². The van der Waals surface area contributed by atoms with Crippen LogP contribution in [0.2, 0.25) is 0 Å². The first-order valence-corrected chi connectivity index (χ1v) is 13.1. The van der Waals surface area contributed by atoms with Gasteiger partial charge in [0.2, 0.25) is 0 Å². The molecule has 0 atom stereocenters. The number of benzene rings is 4. The van der Waals surface area contributed by atoms with Gasteiger partial charge in [0, 0.05) is 0 Å². The Labute approximate surface area is 166 Å². The van der Waals surface area contributed by atoms with Gasteiger partial charge in [-0.05, 0) is 0 Å². The first-order chi connectivity index (χ1) is 13.9. The van der Waals surface area contributed by atoms with Crippen LogP contribution in [0.1, 0.15) is 0 Å². The van der Waals surface area contributed by atoms with Crippen molar-refractivity contribution in [2.45, 2.75) is 0 Å². The van der Waals surface area contributed by atoms with Gasteiger partial charge in [0.25, 0.3) is 0 Å². The zero-order valence-electron chi connectivity index (χ0n) is 14.9. The van der Waals surface area contributed by atoms with Crippen LogP contribution in [0, 0.1) is 0 Å². The summed E-state index contributed by atoms with van der Waals surface area (Å²) in [6, 6.07) is 29.7. The molecule has 0 radical (unpaired) electrons. The average Bonchev–Trinajstić information content (AvgIpc) is 2.75. The van der Waals surface area contributed by atoms with Crippen molar-refractivity contribution in [2.75, 3.05) is 4.90 Å². The number of nitrogens with zero attached hydrogens (tertiary/aromatic N) is 1. The number of ether oxygens (including phenoxy) is 2. The van der Waals surface area contributed by atoms with Crippen LogP contribution in [0.5, 0.6) is 23.0 Å². The van der Waals surface area contributed by atoms with E-state index in [4.69, 9.17) is 9.47 Å². The Kier molecular flexibility index (Phi) is 2.76. The van der Waals surface area contributed by atoms with Crippen molar-refractivity contribution >= 4 is 44.6 Å². The molecule has 4 aromatic rings. The van der Waals surface area contributed by atoms with Crippen LogP contribution in [-0.4, -0.2) is 14.3 Å². The average molecular weight is 422 g/mol. The molecule has 0 fully saturated rings. The Bertz CT molecular complexity index is 1210. The molecule has 4 aromatic carbocycles. The normalized spacial score (nSPS) is 14.8. The van der Waals surface area contributed by atoms with Gasteiger partial charge in [-0.2, -0.15) is 0 Å². The molecular weight excluding hydrogens is 407 g/mol. The molecule has 0 unspecified atom stereocenters. The van der Waals surface area contributed by atoms with Gasteiger partial charge in [-0.25, -0.2) is 0 Å². The van der Waals surface area contributed by atoms with E-state index >= 15 is 0 Å². The molecule has 0 bridgehead atoms. The van der Waals surface area contributed by atoms with E-state index in [9.17, 15) is 0 Å². The van der Waals surface area contributed by atoms with Crippen molar-refractivity contribution in [3.63, 3.8) is 0 Å². The summed E-state index contributed by atoms with van der Waals surface area (Å²) in [5.74, 6) is 3.97. The van der Waals surface area contributed by atoms with Crippen molar-refractivity contribution in [3.05, 3.63) is 84.9 Å². The van der Waals surface area contributed by atoms with E-state index in [0.29, 0.717) is 0 Å². The van der Waals surface area contributed by atoms with Crippen molar-refractivity contribution in [1.29, 1.82) is 0 Å². The predicted molar refractivity (Wildman–Crippen MR) is 114 cm³/mol. The molecule has 3 heterocycles. The maximum atomic E-state index is 6.37. The molecular formula is C24H15GeNO2. The summed E-state index contributed by atoms with van der Waals surface area (Å²) >= 11 is -2.31. The van der Waals surface area contributed by atoms with Crippen LogP contribution < -0.4 is 27.6 Å². The number of rotatable bonds is 1. The number of para-hydroxylation sites is 1. The van der Waals surface area contributed by atoms with Crippen molar-refractivity contribution in [1.82, 2.24) is 0 Å². The molecule has 132 valence electrons. The van der Waals surface area contributed by atoms with Crippen LogP contribution in [0.3, 0.4) is 0 Å². The van der Waals surface area contributed by atoms with Gasteiger partial charge in [0.05, 0.1) is 0 Å². The standard InChI is InChI=1S/C24H15GeNO2/c1-2-7-15(8-3-1)26-16-9-4-11-18-22(16)25-23-17(26)10-5-12-19(23)28-21-14-6-13-20(27-18)24(21)25/h1-14,25H. The molecule has 0 N–H and O–H groups in total. The van der Waals surface area contributed by atoms with Crippen LogP contribution in [0.25, 0.3) is 0 Å². The molecule has 3 aliphatic rings. The van der Waals surface area contributed by atoms with Gasteiger partial charge >= 0.3 is 167 Å². The van der Waals surface area contributed by atoms with E-state index in [0.717, 1.165) is 28.7 Å². The summed E-state index contributed by atoms with van der Waals surface area (Å²) in [6.45, 7) is 0. The Hall–Kier alpha value is -3.18. The van der Waals surface area contributed by atoms with E-state index in [1.165, 1.54) is 24.6 Å². The predicted octanol–water partition coefficient (Wildman–Crippen LogP) is 3.93. The second kappa shape index (κ2) is 5.21. The summed E-state index contributed by atoms with van der Waals surface area (Å²) in [5.41, 5.74) is 3.66. The molecule has 28 heavy (non-hydrogen) atoms. The topological polar surface area (TPSA) is 21.7 Å². The number of anilines is 3. The minimum atomic E-state index is -2.31. The second-order valence-electron chi connectivity index (χ2n) is 7.35. The molecule has 0 aliphatic carbocycles. The van der Waals surface area contributed by atoms with Gasteiger partial charge in [0.1, 0.15) is 0 Å². The Morgan fingerprint density at radius 1 is 0.500 bits per heavy atom. The fourth-order valence-electron chi connectivity index (χ4n) is 4.85. The van der Waals surface area contributed by atoms with E-state index in [-0.39, 0.29) is 0 Å². The molecule has 0 amide bonds. The van der Waals surface area contributed by atoms with Gasteiger partial charge < -0.3 is 0 Å². The van der Waals surface area contributed by atoms with Gasteiger partial charge in [-0.15, -0.1) is 0 Å². The van der Waals surface area contributed by atoms with Crippen LogP contribution in [0.15, 0.2) is 84.9 Å². The summed E-state index contributed by atoms with van der Waals surface area (Å²) < 4.78 is 16.9. The Morgan fingerprint density at radius 3 is 1.57 bits per heavy atom. The second-order valence-corrected chi connectivity index (χ2v) is 12.8. The van der Waals surface area contributed by atoms with E-state index in [1.54, 1.807) is 0 Å². The SMILES string of the molecule is c1ccc(N2c3cccc4[c]3[GeH]3[c]5c(cccc5Oc5cccc2[c]53)O4)cc1. The summed E-state index contributed by atoms with van der Waals surface area (Å²) in [4.78, 5) is 2.37. The molecule has 4 heteroatoms.